The van der Waals surface area contributed by atoms with Gasteiger partial charge < -0.3 is 20.8 Å². The fourth-order valence-electron chi connectivity index (χ4n) is 2.40. The van der Waals surface area contributed by atoms with E-state index in [-0.39, 0.29) is 13.2 Å². The molecule has 2 aromatic rings. The zero-order valence-corrected chi connectivity index (χ0v) is 13.6. The molecule has 0 saturated heterocycles. The van der Waals surface area contributed by atoms with Gasteiger partial charge in [0, 0.05) is 12.2 Å². The number of anilines is 1. The van der Waals surface area contributed by atoms with Crippen LogP contribution in [0.3, 0.4) is 0 Å². The largest absolute Gasteiger partial charge is 0.394 e. The Morgan fingerprint density at radius 2 is 1.71 bits per heavy atom. The van der Waals surface area contributed by atoms with Gasteiger partial charge in [-0.3, -0.25) is 0 Å². The van der Waals surface area contributed by atoms with Crippen LogP contribution in [0, 0.1) is 0 Å². The van der Waals surface area contributed by atoms with Gasteiger partial charge in [0.05, 0.1) is 12.7 Å². The second kappa shape index (κ2) is 9.70. The molecular weight excluding hydrogens is 304 g/mol. The Kier molecular flexibility index (Phi) is 7.26. The average Bonchev–Trinajstić information content (AvgIpc) is 2.61. The van der Waals surface area contributed by atoms with Gasteiger partial charge in [-0.1, -0.05) is 42.5 Å². The van der Waals surface area contributed by atoms with Crippen molar-refractivity contribution in [3.63, 3.8) is 0 Å². The van der Waals surface area contributed by atoms with Gasteiger partial charge in [-0.15, -0.1) is 0 Å². The summed E-state index contributed by atoms with van der Waals surface area (Å²) in [6.07, 6.45) is 2.07. The lowest BCUT2D eigenvalue weighted by atomic mass is 10.0. The zero-order valence-electron chi connectivity index (χ0n) is 13.6. The summed E-state index contributed by atoms with van der Waals surface area (Å²) >= 11 is 0. The maximum Gasteiger partial charge on any atom is 0.319 e. The van der Waals surface area contributed by atoms with Crippen molar-refractivity contribution in [3.05, 3.63) is 65.7 Å². The number of nitrogens with one attached hydrogen (secondary N) is 2. The molecule has 0 aliphatic carbocycles. The second-order valence-electron chi connectivity index (χ2n) is 5.71. The van der Waals surface area contributed by atoms with E-state index in [1.165, 1.54) is 11.1 Å². The molecule has 0 fully saturated rings. The molecule has 0 heterocycles. The lowest BCUT2D eigenvalue weighted by Crippen LogP contribution is -2.36. The maximum atomic E-state index is 11.7. The fourth-order valence-corrected chi connectivity index (χ4v) is 2.40. The van der Waals surface area contributed by atoms with E-state index >= 15 is 0 Å². The minimum absolute atomic E-state index is 0.0130. The van der Waals surface area contributed by atoms with E-state index in [2.05, 4.69) is 22.8 Å². The molecule has 4 N–H and O–H groups in total. The molecule has 1 atom stereocenters. The number of hydrogen-bond donors (Lipinski definition) is 4. The number of benzene rings is 2. The summed E-state index contributed by atoms with van der Waals surface area (Å²) in [4.78, 5) is 11.7. The van der Waals surface area contributed by atoms with Crippen LogP contribution in [0.15, 0.2) is 54.6 Å². The lowest BCUT2D eigenvalue weighted by molar-refractivity contribution is 0.0965. The number of hydrogen-bond acceptors (Lipinski definition) is 3. The Morgan fingerprint density at radius 3 is 2.46 bits per heavy atom. The third-order valence-electron chi connectivity index (χ3n) is 3.67. The van der Waals surface area contributed by atoms with Crippen LogP contribution in [-0.2, 0) is 12.8 Å². The molecule has 2 rings (SSSR count). The molecule has 0 radical (unpaired) electrons. The Labute approximate surface area is 142 Å². The number of amides is 2. The lowest BCUT2D eigenvalue weighted by Gasteiger charge is -2.11. The Balaban J connectivity index is 1.79. The number of aliphatic hydroxyl groups is 2. The molecule has 5 heteroatoms. The van der Waals surface area contributed by atoms with Crippen molar-refractivity contribution >= 4 is 11.7 Å². The van der Waals surface area contributed by atoms with Crippen molar-refractivity contribution in [2.24, 2.45) is 0 Å². The van der Waals surface area contributed by atoms with E-state index in [1.54, 1.807) is 0 Å². The molecule has 0 spiro atoms. The van der Waals surface area contributed by atoms with Crippen molar-refractivity contribution in [1.29, 1.82) is 0 Å². The van der Waals surface area contributed by atoms with E-state index in [9.17, 15) is 9.90 Å². The third-order valence-corrected chi connectivity index (χ3v) is 3.67. The van der Waals surface area contributed by atoms with Crippen LogP contribution in [0.5, 0.6) is 0 Å². The summed E-state index contributed by atoms with van der Waals surface area (Å²) in [6.45, 7) is -0.365. The smallest absolute Gasteiger partial charge is 0.319 e. The van der Waals surface area contributed by atoms with Crippen LogP contribution in [0.2, 0.25) is 0 Å². The third kappa shape index (κ3) is 6.40. The van der Waals surface area contributed by atoms with Gasteiger partial charge in [0.15, 0.2) is 0 Å². The van der Waals surface area contributed by atoms with E-state index < -0.39 is 12.1 Å². The van der Waals surface area contributed by atoms with Gasteiger partial charge in [0.1, 0.15) is 0 Å². The molecule has 0 aliphatic rings. The predicted octanol–water partition coefficient (Wildman–Crippen LogP) is 2.34. The number of carbonyl (C=O) groups excluding carboxylic acids is 1. The van der Waals surface area contributed by atoms with Gasteiger partial charge in [-0.05, 0) is 42.5 Å². The molecule has 2 amide bonds. The van der Waals surface area contributed by atoms with Crippen LogP contribution in [-0.4, -0.2) is 35.5 Å². The van der Waals surface area contributed by atoms with Crippen LogP contribution in [0.4, 0.5) is 10.5 Å². The van der Waals surface area contributed by atoms with Crippen molar-refractivity contribution in [2.45, 2.75) is 25.4 Å². The van der Waals surface area contributed by atoms with Crippen molar-refractivity contribution in [2.75, 3.05) is 18.5 Å². The molecule has 0 saturated carbocycles. The van der Waals surface area contributed by atoms with E-state index in [0.29, 0.717) is 5.69 Å². The average molecular weight is 328 g/mol. The van der Waals surface area contributed by atoms with E-state index in [0.717, 1.165) is 19.3 Å². The highest BCUT2D eigenvalue weighted by molar-refractivity contribution is 5.89. The van der Waals surface area contributed by atoms with Gasteiger partial charge in [-0.25, -0.2) is 4.79 Å². The van der Waals surface area contributed by atoms with Gasteiger partial charge in [0.25, 0.3) is 0 Å². The SMILES string of the molecule is O=C(NCC(O)CO)Nc1cccc(CCCc2ccccc2)c1. The predicted molar refractivity (Wildman–Crippen MR) is 95.0 cm³/mol. The first kappa shape index (κ1) is 18.0. The molecule has 0 bridgehead atoms. The first-order valence-electron chi connectivity index (χ1n) is 8.14. The first-order valence-corrected chi connectivity index (χ1v) is 8.14. The van der Waals surface area contributed by atoms with Crippen molar-refractivity contribution in [3.8, 4) is 0 Å². The molecular formula is C19H24N2O3. The summed E-state index contributed by atoms with van der Waals surface area (Å²) < 4.78 is 0. The molecule has 1 unspecified atom stereocenters. The minimum Gasteiger partial charge on any atom is -0.394 e. The maximum absolute atomic E-state index is 11.7. The second-order valence-corrected chi connectivity index (χ2v) is 5.71. The number of carbonyl (C=O) groups is 1. The van der Waals surface area contributed by atoms with Crippen LogP contribution in [0.1, 0.15) is 17.5 Å². The molecule has 0 aromatic heterocycles. The number of aliphatic hydroxyl groups excluding tert-OH is 2. The normalized spacial score (nSPS) is 11.8. The summed E-state index contributed by atoms with van der Waals surface area (Å²) in [5, 5.41) is 23.2. The summed E-state index contributed by atoms with van der Waals surface area (Å²) in [7, 11) is 0. The molecule has 128 valence electrons. The Bertz CT molecular complexity index is 632. The minimum atomic E-state index is -0.944. The van der Waals surface area contributed by atoms with Gasteiger partial charge in [-0.2, -0.15) is 0 Å². The highest BCUT2D eigenvalue weighted by Crippen LogP contribution is 2.13. The highest BCUT2D eigenvalue weighted by Gasteiger charge is 2.06. The fraction of sp³-hybridized carbons (Fsp3) is 0.316. The molecule has 2 aromatic carbocycles. The van der Waals surface area contributed by atoms with Crippen LogP contribution < -0.4 is 10.6 Å². The van der Waals surface area contributed by atoms with Crippen molar-refractivity contribution in [1.82, 2.24) is 5.32 Å². The summed E-state index contributed by atoms with van der Waals surface area (Å²) in [6, 6.07) is 17.7. The Hall–Kier alpha value is -2.37. The van der Waals surface area contributed by atoms with E-state index in [1.807, 2.05) is 42.5 Å². The summed E-state index contributed by atoms with van der Waals surface area (Å²) in [5.74, 6) is 0. The zero-order chi connectivity index (χ0) is 17.2. The molecule has 5 nitrogen and oxygen atoms in total. The highest BCUT2D eigenvalue weighted by atomic mass is 16.3. The van der Waals surface area contributed by atoms with Crippen molar-refractivity contribution < 1.29 is 15.0 Å². The number of urea groups is 1. The van der Waals surface area contributed by atoms with Crippen LogP contribution in [0.25, 0.3) is 0 Å². The number of rotatable bonds is 8. The van der Waals surface area contributed by atoms with Gasteiger partial charge >= 0.3 is 6.03 Å². The molecule has 0 aliphatic heterocycles. The monoisotopic (exact) mass is 328 g/mol. The topological polar surface area (TPSA) is 81.6 Å². The summed E-state index contributed by atoms with van der Waals surface area (Å²) in [5.41, 5.74) is 3.20. The van der Waals surface area contributed by atoms with Crippen LogP contribution >= 0.6 is 0 Å². The van der Waals surface area contributed by atoms with Gasteiger partial charge in [0.2, 0.25) is 0 Å². The first-order chi connectivity index (χ1) is 11.7. The number of aryl methyl sites for hydroxylation is 2. The standard InChI is InChI=1S/C19H24N2O3/c22-14-18(23)13-20-19(24)21-17-11-5-10-16(12-17)9-4-8-15-6-2-1-3-7-15/h1-3,5-7,10-12,18,22-23H,4,8-9,13-14H2,(H2,20,21,24). The quantitative estimate of drug-likeness (QED) is 0.600. The van der Waals surface area contributed by atoms with E-state index in [4.69, 9.17) is 5.11 Å². The molecule has 24 heavy (non-hydrogen) atoms. The Morgan fingerprint density at radius 1 is 1.00 bits per heavy atom.